The predicted octanol–water partition coefficient (Wildman–Crippen LogP) is 4.76. The van der Waals surface area contributed by atoms with Crippen molar-refractivity contribution in [2.24, 2.45) is 0 Å². The third-order valence-corrected chi connectivity index (χ3v) is 3.94. The molecular formula is C21H15FN2O2. The molecule has 3 aromatic carbocycles. The van der Waals surface area contributed by atoms with E-state index in [-0.39, 0.29) is 11.4 Å². The van der Waals surface area contributed by atoms with Crippen molar-refractivity contribution in [3.05, 3.63) is 101 Å². The van der Waals surface area contributed by atoms with E-state index in [1.54, 1.807) is 16.8 Å². The van der Waals surface area contributed by atoms with E-state index >= 15 is 0 Å². The number of nitrogens with zero attached hydrogens (tertiary/aromatic N) is 1. The van der Waals surface area contributed by atoms with Crippen LogP contribution in [0.5, 0.6) is 11.5 Å². The third kappa shape index (κ3) is 3.28. The smallest absolute Gasteiger partial charge is 0.265 e. The fraction of sp³-hybridized carbons (Fsp3) is 0. The molecule has 0 bridgehead atoms. The van der Waals surface area contributed by atoms with Crippen molar-refractivity contribution in [2.75, 3.05) is 0 Å². The second-order valence-corrected chi connectivity index (χ2v) is 5.76. The van der Waals surface area contributed by atoms with Gasteiger partial charge in [0.1, 0.15) is 17.3 Å². The van der Waals surface area contributed by atoms with Gasteiger partial charge in [-0.2, -0.15) is 0 Å². The summed E-state index contributed by atoms with van der Waals surface area (Å²) in [7, 11) is 0. The zero-order valence-electron chi connectivity index (χ0n) is 13.7. The van der Waals surface area contributed by atoms with Gasteiger partial charge < -0.3 is 4.74 Å². The van der Waals surface area contributed by atoms with Crippen LogP contribution >= 0.6 is 0 Å². The van der Waals surface area contributed by atoms with Gasteiger partial charge in [0.25, 0.3) is 5.56 Å². The van der Waals surface area contributed by atoms with Crippen molar-refractivity contribution >= 4 is 0 Å². The van der Waals surface area contributed by atoms with Crippen molar-refractivity contribution in [3.8, 4) is 28.4 Å². The van der Waals surface area contributed by atoms with E-state index in [1.807, 2.05) is 54.6 Å². The first-order valence-corrected chi connectivity index (χ1v) is 8.10. The molecule has 1 aromatic heterocycles. The average molecular weight is 346 g/mol. The zero-order chi connectivity index (χ0) is 17.9. The molecule has 0 radical (unpaired) electrons. The molecule has 0 spiro atoms. The lowest BCUT2D eigenvalue weighted by Crippen LogP contribution is -2.04. The molecule has 0 amide bonds. The molecular weight excluding hydrogens is 331 g/mol. The highest BCUT2D eigenvalue weighted by atomic mass is 19.1. The van der Waals surface area contributed by atoms with E-state index in [1.165, 1.54) is 18.2 Å². The second-order valence-electron chi connectivity index (χ2n) is 5.76. The van der Waals surface area contributed by atoms with E-state index in [0.29, 0.717) is 17.1 Å². The van der Waals surface area contributed by atoms with Gasteiger partial charge >= 0.3 is 0 Å². The number of ether oxygens (including phenoxy) is 1. The molecule has 0 saturated carbocycles. The van der Waals surface area contributed by atoms with Crippen LogP contribution in [0.1, 0.15) is 0 Å². The minimum atomic E-state index is -0.327. The number of rotatable bonds is 4. The summed E-state index contributed by atoms with van der Waals surface area (Å²) >= 11 is 0. The van der Waals surface area contributed by atoms with Crippen molar-refractivity contribution in [3.63, 3.8) is 0 Å². The van der Waals surface area contributed by atoms with Gasteiger partial charge in [-0.25, -0.2) is 4.39 Å². The quantitative estimate of drug-likeness (QED) is 0.579. The lowest BCUT2D eigenvalue weighted by atomic mass is 10.1. The number of halogens is 1. The van der Waals surface area contributed by atoms with Crippen molar-refractivity contribution in [1.82, 2.24) is 9.78 Å². The summed E-state index contributed by atoms with van der Waals surface area (Å²) in [6.45, 7) is 0. The maximum absolute atomic E-state index is 13.2. The van der Waals surface area contributed by atoms with Gasteiger partial charge in [-0.1, -0.05) is 18.2 Å². The Morgan fingerprint density at radius 2 is 1.46 bits per heavy atom. The maximum atomic E-state index is 13.2. The van der Waals surface area contributed by atoms with Crippen LogP contribution in [0.2, 0.25) is 0 Å². The standard InChI is InChI=1S/C21H15FN2O2/c22-16-8-10-17(11-9-16)24-20(14-21(25)23-24)15-6-12-19(13-7-15)26-18-4-2-1-3-5-18/h1-14H,(H,23,25). The average Bonchev–Trinajstić information content (AvgIpc) is 3.05. The van der Waals surface area contributed by atoms with E-state index in [4.69, 9.17) is 4.74 Å². The largest absolute Gasteiger partial charge is 0.457 e. The number of hydrogen-bond donors (Lipinski definition) is 1. The highest BCUT2D eigenvalue weighted by Crippen LogP contribution is 2.26. The second kappa shape index (κ2) is 6.72. The molecule has 5 heteroatoms. The summed E-state index contributed by atoms with van der Waals surface area (Å²) in [5, 5.41) is 2.74. The van der Waals surface area contributed by atoms with E-state index in [2.05, 4.69) is 5.10 Å². The summed E-state index contributed by atoms with van der Waals surface area (Å²) in [5.74, 6) is 1.13. The molecule has 128 valence electrons. The van der Waals surface area contributed by atoms with Gasteiger partial charge in [0.2, 0.25) is 0 Å². The highest BCUT2D eigenvalue weighted by Gasteiger charge is 2.09. The van der Waals surface area contributed by atoms with Crippen LogP contribution in [-0.4, -0.2) is 9.78 Å². The Morgan fingerprint density at radius 1 is 0.808 bits per heavy atom. The lowest BCUT2D eigenvalue weighted by molar-refractivity contribution is 0.483. The van der Waals surface area contributed by atoms with Gasteiger partial charge in [0, 0.05) is 11.6 Å². The molecule has 0 unspecified atom stereocenters. The summed E-state index contributed by atoms with van der Waals surface area (Å²) in [6.07, 6.45) is 0. The van der Waals surface area contributed by atoms with Gasteiger partial charge in [-0.15, -0.1) is 0 Å². The van der Waals surface area contributed by atoms with Crippen LogP contribution in [-0.2, 0) is 0 Å². The van der Waals surface area contributed by atoms with Crippen LogP contribution in [0.15, 0.2) is 89.7 Å². The van der Waals surface area contributed by atoms with Crippen LogP contribution in [0, 0.1) is 5.82 Å². The molecule has 0 saturated heterocycles. The maximum Gasteiger partial charge on any atom is 0.265 e. The molecule has 0 fully saturated rings. The first-order chi connectivity index (χ1) is 12.7. The van der Waals surface area contributed by atoms with Crippen molar-refractivity contribution in [2.45, 2.75) is 0 Å². The number of para-hydroxylation sites is 1. The number of benzene rings is 3. The summed E-state index contributed by atoms with van der Waals surface area (Å²) in [4.78, 5) is 11.9. The third-order valence-electron chi connectivity index (χ3n) is 3.94. The molecule has 0 atom stereocenters. The highest BCUT2D eigenvalue weighted by molar-refractivity contribution is 5.62. The number of hydrogen-bond acceptors (Lipinski definition) is 2. The van der Waals surface area contributed by atoms with Crippen LogP contribution in [0.25, 0.3) is 16.9 Å². The number of H-pyrrole nitrogens is 1. The molecule has 0 aliphatic carbocycles. The molecule has 4 rings (SSSR count). The molecule has 4 aromatic rings. The Hall–Kier alpha value is -3.60. The fourth-order valence-corrected chi connectivity index (χ4v) is 2.72. The Balaban J connectivity index is 1.66. The van der Waals surface area contributed by atoms with Gasteiger partial charge in [0.05, 0.1) is 11.4 Å². The summed E-state index contributed by atoms with van der Waals surface area (Å²) < 4.78 is 20.6. The predicted molar refractivity (Wildman–Crippen MR) is 98.3 cm³/mol. The lowest BCUT2D eigenvalue weighted by Gasteiger charge is -2.10. The van der Waals surface area contributed by atoms with Gasteiger partial charge in [-0.05, 0) is 60.7 Å². The summed E-state index contributed by atoms with van der Waals surface area (Å²) in [5.41, 5.74) is 1.98. The Kier molecular flexibility index (Phi) is 4.11. The Bertz CT molecular complexity index is 1070. The zero-order valence-corrected chi connectivity index (χ0v) is 13.7. The van der Waals surface area contributed by atoms with Crippen molar-refractivity contribution < 1.29 is 9.13 Å². The fourth-order valence-electron chi connectivity index (χ4n) is 2.72. The Morgan fingerprint density at radius 3 is 2.15 bits per heavy atom. The molecule has 0 aliphatic rings. The van der Waals surface area contributed by atoms with E-state index in [0.717, 1.165) is 11.3 Å². The minimum Gasteiger partial charge on any atom is -0.457 e. The number of nitrogens with one attached hydrogen (secondary N) is 1. The molecule has 1 heterocycles. The van der Waals surface area contributed by atoms with Crippen LogP contribution < -0.4 is 10.3 Å². The van der Waals surface area contributed by atoms with E-state index < -0.39 is 0 Å². The van der Waals surface area contributed by atoms with Crippen molar-refractivity contribution in [1.29, 1.82) is 0 Å². The summed E-state index contributed by atoms with van der Waals surface area (Å²) in [6, 6.07) is 24.4. The Labute approximate surface area is 149 Å². The van der Waals surface area contributed by atoms with Gasteiger partial charge in [-0.3, -0.25) is 14.6 Å². The minimum absolute atomic E-state index is 0.228. The SMILES string of the molecule is O=c1cc(-c2ccc(Oc3ccccc3)cc2)n(-c2ccc(F)cc2)[nH]1. The van der Waals surface area contributed by atoms with Crippen LogP contribution in [0.4, 0.5) is 4.39 Å². The topological polar surface area (TPSA) is 47.0 Å². The number of aromatic nitrogens is 2. The molecule has 1 N–H and O–H groups in total. The molecule has 0 aliphatic heterocycles. The van der Waals surface area contributed by atoms with Gasteiger partial charge in [0.15, 0.2) is 0 Å². The van der Waals surface area contributed by atoms with E-state index in [9.17, 15) is 9.18 Å². The first kappa shape index (κ1) is 15.9. The monoisotopic (exact) mass is 346 g/mol. The molecule has 4 nitrogen and oxygen atoms in total. The normalized spacial score (nSPS) is 10.7. The number of aromatic amines is 1. The van der Waals surface area contributed by atoms with Crippen LogP contribution in [0.3, 0.4) is 0 Å². The molecule has 26 heavy (non-hydrogen) atoms. The first-order valence-electron chi connectivity index (χ1n) is 8.10.